The third kappa shape index (κ3) is 2.62. The van der Waals surface area contributed by atoms with Crippen LogP contribution >= 0.6 is 12.2 Å². The van der Waals surface area contributed by atoms with E-state index in [2.05, 4.69) is 44.8 Å². The molecule has 0 aliphatic rings. The van der Waals surface area contributed by atoms with E-state index in [9.17, 15) is 0 Å². The lowest BCUT2D eigenvalue weighted by Gasteiger charge is -2.15. The quantitative estimate of drug-likeness (QED) is 0.730. The average molecular weight is 295 g/mol. The van der Waals surface area contributed by atoms with E-state index in [0.29, 0.717) is 4.77 Å². The van der Waals surface area contributed by atoms with Gasteiger partial charge < -0.3 is 9.88 Å². The molecule has 0 saturated carbocycles. The summed E-state index contributed by atoms with van der Waals surface area (Å²) < 4.78 is 2.77. The smallest absolute Gasteiger partial charge is 0.182 e. The minimum Gasteiger partial charge on any atom is -0.378 e. The van der Waals surface area contributed by atoms with Crippen molar-refractivity contribution in [2.75, 3.05) is 19.0 Å². The van der Waals surface area contributed by atoms with Gasteiger partial charge in [-0.1, -0.05) is 36.4 Å². The predicted molar refractivity (Wildman–Crippen MR) is 90.7 cm³/mol. The molecule has 4 heteroatoms. The summed E-state index contributed by atoms with van der Waals surface area (Å²) in [6.45, 7) is 0. The fourth-order valence-electron chi connectivity index (χ4n) is 2.36. The van der Waals surface area contributed by atoms with Crippen LogP contribution in [0.15, 0.2) is 60.8 Å². The van der Waals surface area contributed by atoms with Crippen LogP contribution in [-0.4, -0.2) is 23.6 Å². The van der Waals surface area contributed by atoms with Gasteiger partial charge in [-0.2, -0.15) is 0 Å². The van der Waals surface area contributed by atoms with Crippen LogP contribution in [0.4, 0.5) is 5.69 Å². The normalized spacial score (nSPS) is 10.6. The van der Waals surface area contributed by atoms with Crippen molar-refractivity contribution in [3.8, 4) is 16.9 Å². The van der Waals surface area contributed by atoms with Crippen molar-refractivity contribution in [1.82, 2.24) is 9.55 Å². The number of aromatic nitrogens is 2. The molecule has 1 aromatic heterocycles. The number of nitrogens with zero attached hydrogens (tertiary/aromatic N) is 2. The van der Waals surface area contributed by atoms with E-state index in [1.54, 1.807) is 0 Å². The Morgan fingerprint density at radius 3 is 2.48 bits per heavy atom. The zero-order chi connectivity index (χ0) is 14.8. The summed E-state index contributed by atoms with van der Waals surface area (Å²) in [7, 11) is 4.07. The molecule has 0 amide bonds. The number of imidazole rings is 1. The zero-order valence-electron chi connectivity index (χ0n) is 12.1. The third-order valence-corrected chi connectivity index (χ3v) is 3.75. The number of anilines is 1. The number of H-pyrrole nitrogens is 1. The van der Waals surface area contributed by atoms with Crippen LogP contribution in [0.2, 0.25) is 0 Å². The summed E-state index contributed by atoms with van der Waals surface area (Å²) in [4.78, 5) is 5.23. The average Bonchev–Trinajstić information content (AvgIpc) is 2.90. The van der Waals surface area contributed by atoms with Gasteiger partial charge in [-0.3, -0.25) is 4.57 Å². The molecule has 0 fully saturated rings. The summed E-state index contributed by atoms with van der Waals surface area (Å²) in [5.41, 5.74) is 4.41. The van der Waals surface area contributed by atoms with Gasteiger partial charge in [-0.05, 0) is 30.4 Å². The lowest BCUT2D eigenvalue weighted by Crippen LogP contribution is -2.09. The first-order chi connectivity index (χ1) is 10.2. The number of hydrogen-bond acceptors (Lipinski definition) is 2. The topological polar surface area (TPSA) is 24.0 Å². The number of benzene rings is 2. The van der Waals surface area contributed by atoms with Gasteiger partial charge in [0.2, 0.25) is 0 Å². The molecule has 106 valence electrons. The summed E-state index contributed by atoms with van der Waals surface area (Å²) in [6, 6.07) is 18.6. The molecule has 3 aromatic rings. The van der Waals surface area contributed by atoms with Crippen LogP contribution in [0.3, 0.4) is 0 Å². The van der Waals surface area contributed by atoms with Crippen LogP contribution < -0.4 is 4.90 Å². The van der Waals surface area contributed by atoms with Crippen LogP contribution in [0.1, 0.15) is 0 Å². The van der Waals surface area contributed by atoms with Gasteiger partial charge in [0.25, 0.3) is 0 Å². The maximum Gasteiger partial charge on any atom is 0.182 e. The molecular weight excluding hydrogens is 278 g/mol. The molecule has 0 bridgehead atoms. The van der Waals surface area contributed by atoms with E-state index >= 15 is 0 Å². The first kappa shape index (κ1) is 13.6. The van der Waals surface area contributed by atoms with Crippen molar-refractivity contribution in [1.29, 1.82) is 0 Å². The standard InChI is InChI=1S/C17H17N3S/c1-19(2)14-9-6-10-15(11-14)20-16(12-18-17(20)21)13-7-4-3-5-8-13/h3-12H,1-2H3,(H,18,21). The van der Waals surface area contributed by atoms with E-state index in [-0.39, 0.29) is 0 Å². The lowest BCUT2D eigenvalue weighted by atomic mass is 10.1. The second-order valence-electron chi connectivity index (χ2n) is 5.09. The molecule has 21 heavy (non-hydrogen) atoms. The van der Waals surface area contributed by atoms with E-state index in [4.69, 9.17) is 12.2 Å². The van der Waals surface area contributed by atoms with Crippen LogP contribution in [0, 0.1) is 4.77 Å². The first-order valence-electron chi connectivity index (χ1n) is 6.80. The SMILES string of the molecule is CN(C)c1cccc(-n2c(-c3ccccc3)c[nH]c2=S)c1. The summed E-state index contributed by atoms with van der Waals surface area (Å²) in [5, 5.41) is 0. The van der Waals surface area contributed by atoms with E-state index in [1.165, 1.54) is 0 Å². The van der Waals surface area contributed by atoms with Gasteiger partial charge in [0.1, 0.15) is 0 Å². The highest BCUT2D eigenvalue weighted by Gasteiger charge is 2.09. The van der Waals surface area contributed by atoms with Gasteiger partial charge in [0, 0.05) is 31.5 Å². The molecule has 1 heterocycles. The summed E-state index contributed by atoms with van der Waals surface area (Å²) >= 11 is 5.46. The lowest BCUT2D eigenvalue weighted by molar-refractivity contribution is 1.03. The Bertz CT molecular complexity index is 800. The van der Waals surface area contributed by atoms with Crippen molar-refractivity contribution >= 4 is 17.9 Å². The highest BCUT2D eigenvalue weighted by atomic mass is 32.1. The van der Waals surface area contributed by atoms with Crippen molar-refractivity contribution in [3.63, 3.8) is 0 Å². The molecule has 0 radical (unpaired) electrons. The Labute approximate surface area is 129 Å². The molecule has 0 aliphatic carbocycles. The fourth-order valence-corrected chi connectivity index (χ4v) is 2.62. The minimum absolute atomic E-state index is 0.699. The Morgan fingerprint density at radius 2 is 1.76 bits per heavy atom. The molecule has 0 spiro atoms. The fraction of sp³-hybridized carbons (Fsp3) is 0.118. The van der Waals surface area contributed by atoms with Gasteiger partial charge in [0.05, 0.1) is 11.4 Å². The Balaban J connectivity index is 2.18. The maximum absolute atomic E-state index is 5.46. The number of rotatable bonds is 3. The molecular formula is C17H17N3S. The number of aromatic amines is 1. The van der Waals surface area contributed by atoms with E-state index in [0.717, 1.165) is 22.6 Å². The highest BCUT2D eigenvalue weighted by Crippen LogP contribution is 2.25. The largest absolute Gasteiger partial charge is 0.378 e. The molecule has 3 nitrogen and oxygen atoms in total. The predicted octanol–water partition coefficient (Wildman–Crippen LogP) is 4.27. The van der Waals surface area contributed by atoms with Crippen molar-refractivity contribution in [2.24, 2.45) is 0 Å². The monoisotopic (exact) mass is 295 g/mol. The molecule has 0 unspecified atom stereocenters. The number of nitrogens with one attached hydrogen (secondary N) is 1. The first-order valence-corrected chi connectivity index (χ1v) is 7.21. The van der Waals surface area contributed by atoms with Crippen LogP contribution in [-0.2, 0) is 0 Å². The Kier molecular flexibility index (Phi) is 3.62. The Morgan fingerprint density at radius 1 is 1.00 bits per heavy atom. The maximum atomic E-state index is 5.46. The van der Waals surface area contributed by atoms with Crippen molar-refractivity contribution in [3.05, 3.63) is 65.6 Å². The third-order valence-electron chi connectivity index (χ3n) is 3.45. The molecule has 1 N–H and O–H groups in total. The minimum atomic E-state index is 0.699. The van der Waals surface area contributed by atoms with Crippen LogP contribution in [0.5, 0.6) is 0 Å². The molecule has 0 aliphatic heterocycles. The van der Waals surface area contributed by atoms with E-state index in [1.807, 2.05) is 44.6 Å². The summed E-state index contributed by atoms with van der Waals surface area (Å²) in [6.07, 6.45) is 1.96. The second kappa shape index (κ2) is 5.58. The second-order valence-corrected chi connectivity index (χ2v) is 5.48. The molecule has 3 rings (SSSR count). The molecule has 0 saturated heterocycles. The van der Waals surface area contributed by atoms with E-state index < -0.39 is 0 Å². The zero-order valence-corrected chi connectivity index (χ0v) is 12.9. The highest BCUT2D eigenvalue weighted by molar-refractivity contribution is 7.71. The number of hydrogen-bond donors (Lipinski definition) is 1. The molecule has 0 atom stereocenters. The summed E-state index contributed by atoms with van der Waals surface area (Å²) in [5.74, 6) is 0. The molecule has 2 aromatic carbocycles. The van der Waals surface area contributed by atoms with Gasteiger partial charge in [0.15, 0.2) is 4.77 Å². The van der Waals surface area contributed by atoms with Gasteiger partial charge >= 0.3 is 0 Å². The Hall–Kier alpha value is -2.33. The van der Waals surface area contributed by atoms with Crippen LogP contribution in [0.25, 0.3) is 16.9 Å². The van der Waals surface area contributed by atoms with Gasteiger partial charge in [-0.15, -0.1) is 0 Å². The van der Waals surface area contributed by atoms with Gasteiger partial charge in [-0.25, -0.2) is 0 Å². The van der Waals surface area contributed by atoms with Crippen molar-refractivity contribution < 1.29 is 0 Å². The van der Waals surface area contributed by atoms with Crippen molar-refractivity contribution in [2.45, 2.75) is 0 Å².